The Balaban J connectivity index is 1.51. The molecule has 1 aliphatic heterocycles. The first-order valence-corrected chi connectivity index (χ1v) is 11.3. The van der Waals surface area contributed by atoms with Gasteiger partial charge < -0.3 is 4.42 Å². The summed E-state index contributed by atoms with van der Waals surface area (Å²) in [5.74, 6) is 1.53. The molecule has 1 amide bonds. The Morgan fingerprint density at radius 1 is 1.04 bits per heavy atom. The Labute approximate surface area is 176 Å². The van der Waals surface area contributed by atoms with Gasteiger partial charge in [0, 0.05) is 17.7 Å². The summed E-state index contributed by atoms with van der Waals surface area (Å²) >= 11 is 6.96. The van der Waals surface area contributed by atoms with E-state index in [-0.39, 0.29) is 11.9 Å². The van der Waals surface area contributed by atoms with Gasteiger partial charge in [-0.1, -0.05) is 85.9 Å². The molecular formula is C23H25NO2S2. The molecule has 1 saturated carbocycles. The molecule has 4 rings (SSSR count). The molecule has 5 heteroatoms. The first kappa shape index (κ1) is 19.5. The molecule has 0 radical (unpaired) electrons. The van der Waals surface area contributed by atoms with Crippen molar-refractivity contribution in [3.8, 4) is 11.3 Å². The minimum absolute atomic E-state index is 0.0360. The highest BCUT2D eigenvalue weighted by Crippen LogP contribution is 2.37. The Morgan fingerprint density at radius 3 is 2.43 bits per heavy atom. The molecule has 1 saturated heterocycles. The summed E-state index contributed by atoms with van der Waals surface area (Å²) in [5.41, 5.74) is 2.25. The van der Waals surface area contributed by atoms with E-state index >= 15 is 0 Å². The number of hydrogen-bond acceptors (Lipinski definition) is 4. The topological polar surface area (TPSA) is 33.5 Å². The predicted molar refractivity (Wildman–Crippen MR) is 120 cm³/mol. The van der Waals surface area contributed by atoms with Gasteiger partial charge >= 0.3 is 0 Å². The number of benzene rings is 1. The lowest BCUT2D eigenvalue weighted by Gasteiger charge is -2.28. The van der Waals surface area contributed by atoms with E-state index < -0.39 is 0 Å². The third kappa shape index (κ3) is 4.26. The third-order valence-electron chi connectivity index (χ3n) is 5.50. The molecule has 2 heterocycles. The average molecular weight is 412 g/mol. The first-order valence-electron chi connectivity index (χ1n) is 10.1. The van der Waals surface area contributed by atoms with Gasteiger partial charge in [0.2, 0.25) is 0 Å². The third-order valence-corrected chi connectivity index (χ3v) is 6.83. The zero-order valence-corrected chi connectivity index (χ0v) is 17.8. The number of furan rings is 1. The maximum atomic E-state index is 13.0. The van der Waals surface area contributed by atoms with Gasteiger partial charge in [0.25, 0.3) is 5.91 Å². The van der Waals surface area contributed by atoms with Crippen LogP contribution in [-0.2, 0) is 4.79 Å². The van der Waals surface area contributed by atoms with Gasteiger partial charge in [-0.25, -0.2) is 0 Å². The molecule has 0 spiro atoms. The molecule has 2 aliphatic rings. The number of carbonyl (C=O) groups excluding carboxylic acids is 1. The van der Waals surface area contributed by atoms with Crippen LogP contribution in [0, 0.1) is 6.92 Å². The summed E-state index contributed by atoms with van der Waals surface area (Å²) in [6, 6.07) is 12.3. The van der Waals surface area contributed by atoms with Crippen LogP contribution in [-0.4, -0.2) is 21.2 Å². The largest absolute Gasteiger partial charge is 0.457 e. The van der Waals surface area contributed by atoms with Crippen LogP contribution in [0.25, 0.3) is 17.4 Å². The molecule has 2 aromatic rings. The summed E-state index contributed by atoms with van der Waals surface area (Å²) in [4.78, 5) is 15.6. The quantitative estimate of drug-likeness (QED) is 0.422. The molecule has 1 aliphatic carbocycles. The lowest BCUT2D eigenvalue weighted by Crippen LogP contribution is -2.39. The van der Waals surface area contributed by atoms with Crippen molar-refractivity contribution >= 4 is 40.3 Å². The van der Waals surface area contributed by atoms with Gasteiger partial charge in [-0.15, -0.1) is 0 Å². The summed E-state index contributed by atoms with van der Waals surface area (Å²) < 4.78 is 6.66. The second kappa shape index (κ2) is 8.66. The zero-order valence-electron chi connectivity index (χ0n) is 16.1. The average Bonchev–Trinajstić information content (AvgIpc) is 3.22. The molecule has 0 atom stereocenters. The van der Waals surface area contributed by atoms with Crippen molar-refractivity contribution in [2.75, 3.05) is 0 Å². The number of carbonyl (C=O) groups is 1. The molecule has 3 nitrogen and oxygen atoms in total. The lowest BCUT2D eigenvalue weighted by atomic mass is 9.96. The first-order chi connectivity index (χ1) is 13.6. The maximum absolute atomic E-state index is 13.0. The van der Waals surface area contributed by atoms with Gasteiger partial charge in [-0.3, -0.25) is 9.69 Å². The van der Waals surface area contributed by atoms with Crippen molar-refractivity contribution in [1.29, 1.82) is 0 Å². The summed E-state index contributed by atoms with van der Waals surface area (Å²) in [6.45, 7) is 2.06. The van der Waals surface area contributed by atoms with Gasteiger partial charge in [-0.05, 0) is 31.9 Å². The van der Waals surface area contributed by atoms with Crippen LogP contribution < -0.4 is 0 Å². The fraction of sp³-hybridized carbons (Fsp3) is 0.391. The zero-order chi connectivity index (χ0) is 19.5. The highest BCUT2D eigenvalue weighted by atomic mass is 32.2. The van der Waals surface area contributed by atoms with E-state index in [0.29, 0.717) is 15.0 Å². The van der Waals surface area contributed by atoms with Crippen molar-refractivity contribution in [2.24, 2.45) is 0 Å². The van der Waals surface area contributed by atoms with Gasteiger partial charge in [0.05, 0.1) is 4.91 Å². The van der Waals surface area contributed by atoms with Crippen LogP contribution in [0.15, 0.2) is 45.7 Å². The maximum Gasteiger partial charge on any atom is 0.266 e. The summed E-state index contributed by atoms with van der Waals surface area (Å²) in [6.07, 6.45) is 10.1. The monoisotopic (exact) mass is 411 g/mol. The highest BCUT2D eigenvalue weighted by molar-refractivity contribution is 8.26. The van der Waals surface area contributed by atoms with Crippen LogP contribution in [0.3, 0.4) is 0 Å². The van der Waals surface area contributed by atoms with Crippen LogP contribution in [0.2, 0.25) is 0 Å². The number of aryl methyl sites for hydroxylation is 1. The Morgan fingerprint density at radius 2 is 1.71 bits per heavy atom. The van der Waals surface area contributed by atoms with E-state index in [2.05, 4.69) is 19.1 Å². The summed E-state index contributed by atoms with van der Waals surface area (Å²) in [5, 5.41) is 0. The van der Waals surface area contributed by atoms with E-state index in [0.717, 1.165) is 24.2 Å². The van der Waals surface area contributed by atoms with E-state index in [1.807, 2.05) is 35.2 Å². The molecule has 2 fully saturated rings. The molecule has 1 aromatic heterocycles. The highest BCUT2D eigenvalue weighted by Gasteiger charge is 2.37. The standard InChI is InChI=1S/C23H25NO2S2/c1-16-9-11-17(12-10-16)20-14-13-19(26-20)15-21-22(25)24(23(27)28-21)18-7-5-3-2-4-6-8-18/h9-15,18H,2-8H2,1H3. The van der Waals surface area contributed by atoms with Crippen molar-refractivity contribution in [3.63, 3.8) is 0 Å². The second-order valence-corrected chi connectivity index (χ2v) is 9.29. The van der Waals surface area contributed by atoms with Crippen molar-refractivity contribution in [1.82, 2.24) is 4.90 Å². The van der Waals surface area contributed by atoms with E-state index in [1.165, 1.54) is 49.4 Å². The Kier molecular flexibility index (Phi) is 6.02. The molecular weight excluding hydrogens is 386 g/mol. The SMILES string of the molecule is Cc1ccc(-c2ccc(C=C3SC(=S)N(C4CCCCCCC4)C3=O)o2)cc1. The van der Waals surface area contributed by atoms with Gasteiger partial charge in [0.15, 0.2) is 0 Å². The molecule has 0 N–H and O–H groups in total. The van der Waals surface area contributed by atoms with E-state index in [9.17, 15) is 4.79 Å². The van der Waals surface area contributed by atoms with Crippen molar-refractivity contribution in [3.05, 3.63) is 52.6 Å². The van der Waals surface area contributed by atoms with E-state index in [4.69, 9.17) is 16.6 Å². The second-order valence-electron chi connectivity index (χ2n) is 7.62. The normalized spacial score (nSPS) is 20.6. The van der Waals surface area contributed by atoms with Crippen LogP contribution in [0.1, 0.15) is 56.3 Å². The van der Waals surface area contributed by atoms with Crippen LogP contribution in [0.4, 0.5) is 0 Å². The van der Waals surface area contributed by atoms with Gasteiger partial charge in [-0.2, -0.15) is 0 Å². The van der Waals surface area contributed by atoms with Crippen LogP contribution in [0.5, 0.6) is 0 Å². The van der Waals surface area contributed by atoms with Crippen LogP contribution >= 0.6 is 24.0 Å². The predicted octanol–water partition coefficient (Wildman–Crippen LogP) is 6.57. The summed E-state index contributed by atoms with van der Waals surface area (Å²) in [7, 11) is 0. The number of thiocarbonyl (C=S) groups is 1. The molecule has 0 bridgehead atoms. The fourth-order valence-electron chi connectivity index (χ4n) is 3.92. The van der Waals surface area contributed by atoms with Crippen molar-refractivity contribution < 1.29 is 9.21 Å². The number of thioether (sulfide) groups is 1. The smallest absolute Gasteiger partial charge is 0.266 e. The number of hydrogen-bond donors (Lipinski definition) is 0. The Bertz CT molecular complexity index is 890. The van der Waals surface area contributed by atoms with Crippen molar-refractivity contribution in [2.45, 2.75) is 57.9 Å². The van der Waals surface area contributed by atoms with E-state index in [1.54, 1.807) is 0 Å². The minimum atomic E-state index is 0.0360. The Hall–Kier alpha value is -1.85. The fourth-order valence-corrected chi connectivity index (χ4v) is 5.30. The van der Waals surface area contributed by atoms with Gasteiger partial charge in [0.1, 0.15) is 15.8 Å². The lowest BCUT2D eigenvalue weighted by molar-refractivity contribution is -0.123. The molecule has 1 aromatic carbocycles. The molecule has 0 unspecified atom stereocenters. The molecule has 146 valence electrons. The number of nitrogens with zero attached hydrogens (tertiary/aromatic N) is 1. The minimum Gasteiger partial charge on any atom is -0.457 e. The number of amides is 1. The molecule has 28 heavy (non-hydrogen) atoms. The number of rotatable bonds is 3.